The average molecular weight is 389 g/mol. The molecule has 1 aromatic carbocycles. The molecule has 0 bridgehead atoms. The predicted octanol–water partition coefficient (Wildman–Crippen LogP) is 3.88. The van der Waals surface area contributed by atoms with Crippen LogP contribution in [-0.2, 0) is 11.3 Å². The first-order chi connectivity index (χ1) is 14.2. The van der Waals surface area contributed by atoms with E-state index in [1.165, 1.54) is 24.8 Å². The fourth-order valence-electron chi connectivity index (χ4n) is 4.89. The molecule has 148 valence electrons. The van der Waals surface area contributed by atoms with E-state index < -0.39 is 6.61 Å². The van der Waals surface area contributed by atoms with Crippen molar-refractivity contribution in [3.63, 3.8) is 0 Å². The van der Waals surface area contributed by atoms with Gasteiger partial charge >= 0.3 is 0 Å². The SMILES string of the molecule is O=C1Cn2c(c(C3CCCCC3)c3ccc(C(=O)CO)cc32)-c2ncccc2N1. The molecular weight excluding hydrogens is 366 g/mol. The Morgan fingerprint density at radius 1 is 1.21 bits per heavy atom. The molecule has 0 radical (unpaired) electrons. The smallest absolute Gasteiger partial charge is 0.244 e. The van der Waals surface area contributed by atoms with E-state index in [0.29, 0.717) is 11.5 Å². The summed E-state index contributed by atoms with van der Waals surface area (Å²) in [5.74, 6) is -0.0211. The van der Waals surface area contributed by atoms with Crippen LogP contribution in [0.5, 0.6) is 0 Å². The van der Waals surface area contributed by atoms with Crippen LogP contribution in [0.1, 0.15) is 53.9 Å². The highest BCUT2D eigenvalue weighted by atomic mass is 16.3. The van der Waals surface area contributed by atoms with Crippen LogP contribution in [0.4, 0.5) is 5.69 Å². The van der Waals surface area contributed by atoms with E-state index in [9.17, 15) is 14.7 Å². The third-order valence-corrected chi connectivity index (χ3v) is 6.19. The lowest BCUT2D eigenvalue weighted by Gasteiger charge is -2.23. The van der Waals surface area contributed by atoms with Gasteiger partial charge in [0.15, 0.2) is 5.78 Å². The van der Waals surface area contributed by atoms with Crippen LogP contribution in [0, 0.1) is 0 Å². The Hall–Kier alpha value is -2.99. The number of Topliss-reactive ketones (excluding diaryl/α,β-unsaturated/α-hetero) is 1. The topological polar surface area (TPSA) is 84.2 Å². The second-order valence-corrected chi connectivity index (χ2v) is 7.94. The van der Waals surface area contributed by atoms with Gasteiger partial charge in [-0.05, 0) is 42.5 Å². The molecule has 6 nitrogen and oxygen atoms in total. The maximum absolute atomic E-state index is 12.6. The minimum absolute atomic E-state index is 0.107. The van der Waals surface area contributed by atoms with Gasteiger partial charge in [0.05, 0.1) is 16.9 Å². The van der Waals surface area contributed by atoms with E-state index >= 15 is 0 Å². The third kappa shape index (κ3) is 2.95. The van der Waals surface area contributed by atoms with Crippen molar-refractivity contribution in [3.05, 3.63) is 47.7 Å². The highest BCUT2D eigenvalue weighted by Gasteiger charge is 2.31. The van der Waals surface area contributed by atoms with Gasteiger partial charge in [0, 0.05) is 17.1 Å². The van der Waals surface area contributed by atoms with Crippen LogP contribution in [0.3, 0.4) is 0 Å². The fourth-order valence-corrected chi connectivity index (χ4v) is 4.89. The van der Waals surface area contributed by atoms with Crippen molar-refractivity contribution >= 4 is 28.3 Å². The zero-order valence-corrected chi connectivity index (χ0v) is 16.1. The molecule has 2 aromatic heterocycles. The second kappa shape index (κ2) is 7.12. The van der Waals surface area contributed by atoms with Gasteiger partial charge in [-0.15, -0.1) is 0 Å². The lowest BCUT2D eigenvalue weighted by atomic mass is 9.82. The first-order valence-corrected chi connectivity index (χ1v) is 10.2. The summed E-state index contributed by atoms with van der Waals surface area (Å²) in [5.41, 5.74) is 5.04. The normalized spacial score (nSPS) is 16.8. The lowest BCUT2D eigenvalue weighted by Crippen LogP contribution is -2.16. The van der Waals surface area contributed by atoms with E-state index in [-0.39, 0.29) is 18.2 Å². The van der Waals surface area contributed by atoms with Crippen molar-refractivity contribution in [2.45, 2.75) is 44.6 Å². The number of carbonyl (C=O) groups excluding carboxylic acids is 2. The highest BCUT2D eigenvalue weighted by molar-refractivity contribution is 6.05. The number of ketones is 1. The van der Waals surface area contributed by atoms with Crippen LogP contribution in [0.15, 0.2) is 36.5 Å². The number of pyridine rings is 1. The number of hydrogen-bond donors (Lipinski definition) is 2. The molecule has 0 atom stereocenters. The number of fused-ring (bicyclic) bond motifs is 5. The van der Waals surface area contributed by atoms with E-state index in [2.05, 4.69) is 10.3 Å². The number of amides is 1. The molecule has 1 fully saturated rings. The van der Waals surface area contributed by atoms with Crippen molar-refractivity contribution in [1.29, 1.82) is 0 Å². The van der Waals surface area contributed by atoms with Gasteiger partial charge in [0.2, 0.25) is 5.91 Å². The number of rotatable bonds is 3. The van der Waals surface area contributed by atoms with E-state index in [0.717, 1.165) is 40.8 Å². The molecule has 29 heavy (non-hydrogen) atoms. The molecule has 1 saturated carbocycles. The summed E-state index contributed by atoms with van der Waals surface area (Å²) in [6.07, 6.45) is 7.65. The number of aliphatic hydroxyl groups is 1. The summed E-state index contributed by atoms with van der Waals surface area (Å²) < 4.78 is 2.00. The quantitative estimate of drug-likeness (QED) is 0.666. The summed E-state index contributed by atoms with van der Waals surface area (Å²) in [5, 5.41) is 13.3. The van der Waals surface area contributed by atoms with Gasteiger partial charge in [0.1, 0.15) is 18.8 Å². The molecule has 2 N–H and O–H groups in total. The second-order valence-electron chi connectivity index (χ2n) is 7.94. The van der Waals surface area contributed by atoms with E-state index in [4.69, 9.17) is 0 Å². The molecule has 0 saturated heterocycles. The minimum atomic E-state index is -0.528. The number of nitrogens with one attached hydrogen (secondary N) is 1. The Balaban J connectivity index is 1.84. The van der Waals surface area contributed by atoms with Gasteiger partial charge < -0.3 is 15.0 Å². The summed E-state index contributed by atoms with van der Waals surface area (Å²) >= 11 is 0. The Labute approximate surface area is 168 Å². The number of aliphatic hydroxyl groups excluding tert-OH is 1. The van der Waals surface area contributed by atoms with Crippen molar-refractivity contribution in [2.75, 3.05) is 11.9 Å². The first-order valence-electron chi connectivity index (χ1n) is 10.2. The monoisotopic (exact) mass is 389 g/mol. The van der Waals surface area contributed by atoms with Gasteiger partial charge in [-0.1, -0.05) is 31.4 Å². The summed E-state index contributed by atoms with van der Waals surface area (Å²) in [4.78, 5) is 29.4. The molecular formula is C23H23N3O3. The zero-order valence-electron chi connectivity index (χ0n) is 16.1. The van der Waals surface area contributed by atoms with Crippen LogP contribution in [0.25, 0.3) is 22.3 Å². The molecule has 1 amide bonds. The van der Waals surface area contributed by atoms with Gasteiger partial charge in [0.25, 0.3) is 0 Å². The Morgan fingerprint density at radius 3 is 2.83 bits per heavy atom. The summed E-state index contributed by atoms with van der Waals surface area (Å²) in [6, 6.07) is 9.29. The minimum Gasteiger partial charge on any atom is -0.388 e. The third-order valence-electron chi connectivity index (χ3n) is 6.19. The summed E-state index contributed by atoms with van der Waals surface area (Å²) in [6.45, 7) is -0.356. The Kier molecular flexibility index (Phi) is 4.43. The number of benzene rings is 1. The molecule has 0 unspecified atom stereocenters. The van der Waals surface area contributed by atoms with Crippen LogP contribution in [0.2, 0.25) is 0 Å². The molecule has 3 aromatic rings. The number of anilines is 1. The highest BCUT2D eigenvalue weighted by Crippen LogP contribution is 2.45. The predicted molar refractivity (Wildman–Crippen MR) is 111 cm³/mol. The fraction of sp³-hybridized carbons (Fsp3) is 0.348. The molecule has 3 heterocycles. The number of nitrogens with zero attached hydrogens (tertiary/aromatic N) is 2. The van der Waals surface area contributed by atoms with Gasteiger partial charge in [-0.25, -0.2) is 0 Å². The maximum Gasteiger partial charge on any atom is 0.244 e. The van der Waals surface area contributed by atoms with Crippen molar-refractivity contribution < 1.29 is 14.7 Å². The van der Waals surface area contributed by atoms with E-state index in [1.807, 2.05) is 28.8 Å². The van der Waals surface area contributed by atoms with Crippen molar-refractivity contribution in [2.24, 2.45) is 0 Å². The molecule has 0 spiro atoms. The number of hydrogen-bond acceptors (Lipinski definition) is 4. The van der Waals surface area contributed by atoms with E-state index in [1.54, 1.807) is 12.3 Å². The Morgan fingerprint density at radius 2 is 2.03 bits per heavy atom. The van der Waals surface area contributed by atoms with Gasteiger partial charge in [-0.3, -0.25) is 14.6 Å². The largest absolute Gasteiger partial charge is 0.388 e. The Bertz CT molecular complexity index is 1130. The average Bonchev–Trinajstić information content (AvgIpc) is 2.98. The van der Waals surface area contributed by atoms with Crippen molar-refractivity contribution in [3.8, 4) is 11.4 Å². The number of aromatic nitrogens is 2. The van der Waals surface area contributed by atoms with Crippen molar-refractivity contribution in [1.82, 2.24) is 9.55 Å². The van der Waals surface area contributed by atoms with Crippen LogP contribution in [-0.4, -0.2) is 33.0 Å². The van der Waals surface area contributed by atoms with Gasteiger partial charge in [-0.2, -0.15) is 0 Å². The zero-order chi connectivity index (χ0) is 20.0. The molecule has 6 heteroatoms. The number of carbonyl (C=O) groups is 2. The molecule has 1 aliphatic heterocycles. The lowest BCUT2D eigenvalue weighted by molar-refractivity contribution is -0.116. The van der Waals surface area contributed by atoms with Crippen LogP contribution < -0.4 is 5.32 Å². The first kappa shape index (κ1) is 18.1. The molecule has 1 aliphatic carbocycles. The van der Waals surface area contributed by atoms with Crippen LogP contribution >= 0.6 is 0 Å². The molecule has 2 aliphatic rings. The molecule has 5 rings (SSSR count). The standard InChI is InChI=1S/C23H23N3O3/c27-13-19(28)15-8-9-16-18(11-15)26-12-20(29)25-17-7-4-10-24-22(17)23(26)21(16)14-5-2-1-3-6-14/h4,7-11,14,27H,1-3,5-6,12-13H2,(H,25,29). The maximum atomic E-state index is 12.6. The summed E-state index contributed by atoms with van der Waals surface area (Å²) in [7, 11) is 0.